The lowest BCUT2D eigenvalue weighted by Gasteiger charge is -2.33. The minimum Gasteiger partial charge on any atom is -0.285 e. The number of hydrogen-bond donors (Lipinski definition) is 0. The van der Waals surface area contributed by atoms with Gasteiger partial charge in [0.15, 0.2) is 0 Å². The first kappa shape index (κ1) is 52.7. The van der Waals surface area contributed by atoms with Crippen LogP contribution in [0.3, 0.4) is 0 Å². The molecule has 4 aromatic carbocycles. The van der Waals surface area contributed by atoms with Gasteiger partial charge >= 0.3 is 0 Å². The number of hydrogen-bond acceptors (Lipinski definition) is 12. The fourth-order valence-corrected chi connectivity index (χ4v) is 14.6. The number of fused-ring (bicyclic) bond motifs is 3. The van der Waals surface area contributed by atoms with Gasteiger partial charge in [0.25, 0.3) is 47.3 Å². The van der Waals surface area contributed by atoms with Gasteiger partial charge in [-0.25, -0.2) is 0 Å². The third-order valence-electron chi connectivity index (χ3n) is 16.2. The van der Waals surface area contributed by atoms with Crippen LogP contribution in [0.1, 0.15) is 234 Å². The second kappa shape index (κ2) is 21.2. The third-order valence-corrected chi connectivity index (χ3v) is 18.7. The summed E-state index contributed by atoms with van der Waals surface area (Å²) in [7, 11) is 0. The number of benzene rings is 4. The Kier molecular flexibility index (Phi) is 14.3. The molecular weight excluding hydrogens is 1020 g/mol. The molecule has 0 fully saturated rings. The average Bonchev–Trinajstić information content (AvgIpc) is 3.80. The van der Waals surface area contributed by atoms with Crippen LogP contribution in [0.4, 0.5) is 0 Å². The predicted molar refractivity (Wildman–Crippen MR) is 300 cm³/mol. The zero-order valence-electron chi connectivity index (χ0n) is 44.4. The normalized spacial score (nSPS) is 15.6. The van der Waals surface area contributed by atoms with Crippen molar-refractivity contribution in [3.8, 4) is 30.6 Å². The lowest BCUT2D eigenvalue weighted by molar-refractivity contribution is 0.0586. The SMILES string of the molecule is CCCCCCN1C(=O)c2ccc3c4c(c(-c5cc6c(s5)-c5sc(-c7cc8c9c(ccc%10c9c7C(=O)N(CCCCCC)C%10=O)C(=O)N(CCCCCC)C8=O)cc5C(=O)C6=O)cc(c24)C1=O)C(=O)N(CCCCCC)C3=O. The molecule has 0 spiro atoms. The van der Waals surface area contributed by atoms with Crippen LogP contribution in [0, 0.1) is 0 Å². The number of amides is 8. The van der Waals surface area contributed by atoms with Crippen molar-refractivity contribution < 1.29 is 47.9 Å². The Morgan fingerprint density at radius 1 is 0.295 bits per heavy atom. The molecular formula is C62H60N4O10S2. The van der Waals surface area contributed by atoms with E-state index in [9.17, 15) is 38.4 Å². The van der Waals surface area contributed by atoms with E-state index in [2.05, 4.69) is 27.7 Å². The van der Waals surface area contributed by atoms with Crippen LogP contribution in [0.2, 0.25) is 0 Å². The zero-order chi connectivity index (χ0) is 54.8. The van der Waals surface area contributed by atoms with Gasteiger partial charge in [0.05, 0.1) is 20.9 Å². The summed E-state index contributed by atoms with van der Waals surface area (Å²) in [4.78, 5) is 152. The first-order valence-electron chi connectivity index (χ1n) is 27.9. The Labute approximate surface area is 459 Å². The molecule has 400 valence electrons. The summed E-state index contributed by atoms with van der Waals surface area (Å²) in [5.74, 6) is -5.96. The van der Waals surface area contributed by atoms with Crippen molar-refractivity contribution in [3.05, 3.63) is 104 Å². The number of ketones is 2. The highest BCUT2D eigenvalue weighted by molar-refractivity contribution is 7.26. The van der Waals surface area contributed by atoms with Crippen molar-refractivity contribution in [3.63, 3.8) is 0 Å². The monoisotopic (exact) mass is 1080 g/mol. The van der Waals surface area contributed by atoms with Crippen LogP contribution in [0.25, 0.3) is 52.2 Å². The molecule has 8 amide bonds. The second-order valence-electron chi connectivity index (χ2n) is 21.2. The fraction of sp³-hybridized carbons (Fsp3) is 0.387. The molecule has 0 saturated carbocycles. The summed E-state index contributed by atoms with van der Waals surface area (Å²) in [5, 5.41) is 0.885. The van der Waals surface area contributed by atoms with Crippen LogP contribution < -0.4 is 0 Å². The van der Waals surface area contributed by atoms with Gasteiger partial charge in [-0.2, -0.15) is 0 Å². The molecule has 2 aromatic heterocycles. The van der Waals surface area contributed by atoms with Crippen LogP contribution in [-0.4, -0.2) is 105 Å². The third kappa shape index (κ3) is 8.31. The van der Waals surface area contributed by atoms with E-state index in [1.807, 2.05) is 0 Å². The molecule has 14 nitrogen and oxygen atoms in total. The average molecular weight is 1090 g/mol. The predicted octanol–water partition coefficient (Wildman–Crippen LogP) is 13.2. The number of unbranched alkanes of at least 4 members (excludes halogenated alkanes) is 12. The summed E-state index contributed by atoms with van der Waals surface area (Å²) >= 11 is 2.30. The molecule has 0 bridgehead atoms. The minimum atomic E-state index is -0.809. The highest BCUT2D eigenvalue weighted by Crippen LogP contribution is 2.53. The number of carbonyl (C=O) groups excluding carboxylic acids is 10. The van der Waals surface area contributed by atoms with Gasteiger partial charge < -0.3 is 0 Å². The number of imide groups is 4. The van der Waals surface area contributed by atoms with E-state index < -0.39 is 58.8 Å². The molecule has 1 aliphatic carbocycles. The Hall–Kier alpha value is -7.30. The number of rotatable bonds is 22. The van der Waals surface area contributed by atoms with Crippen LogP contribution in [-0.2, 0) is 0 Å². The van der Waals surface area contributed by atoms with Gasteiger partial charge in [-0.1, -0.05) is 105 Å². The minimum absolute atomic E-state index is 0.0693. The van der Waals surface area contributed by atoms with Crippen LogP contribution in [0.15, 0.2) is 48.5 Å². The maximum absolute atomic E-state index is 15.0. The molecule has 78 heavy (non-hydrogen) atoms. The van der Waals surface area contributed by atoms with Crippen LogP contribution >= 0.6 is 22.7 Å². The standard InChI is InChI=1S/C62H60N4O10S2/c1-5-9-13-17-25-63-55(69)33-21-23-35-47-45(33)39(59(63)73)29-37(49(47)61(75)65(57(35)71)27-19-15-11-7-3)43-31-41-51(67)52(68)42-32-44(78-54(42)53(41)77-43)38-30-40-46-34(56(70)64(60(40)74)26-18-14-10-6-2)22-24-36-48(46)50(38)62(76)66(58(36)72)28-20-16-12-8-4/h21-24,29-32H,5-20,25-28H2,1-4H3. The van der Waals surface area contributed by atoms with Crippen molar-refractivity contribution in [1.82, 2.24) is 19.6 Å². The summed E-state index contributed by atoms with van der Waals surface area (Å²) in [6.07, 6.45) is 13.0. The Balaban J connectivity index is 1.08. The molecule has 6 heterocycles. The van der Waals surface area contributed by atoms with Crippen molar-refractivity contribution in [2.75, 3.05) is 26.2 Å². The molecule has 0 radical (unpaired) electrons. The van der Waals surface area contributed by atoms with Gasteiger partial charge in [-0.05, 0) is 74.2 Å². The maximum atomic E-state index is 15.0. The van der Waals surface area contributed by atoms with E-state index in [0.717, 1.165) is 99.7 Å². The van der Waals surface area contributed by atoms with Crippen molar-refractivity contribution >= 4 is 103 Å². The van der Waals surface area contributed by atoms with Crippen molar-refractivity contribution in [1.29, 1.82) is 0 Å². The maximum Gasteiger partial charge on any atom is 0.262 e. The first-order valence-corrected chi connectivity index (χ1v) is 29.5. The van der Waals surface area contributed by atoms with E-state index in [4.69, 9.17) is 0 Å². The van der Waals surface area contributed by atoms with E-state index in [1.54, 1.807) is 48.5 Å². The van der Waals surface area contributed by atoms with Gasteiger partial charge in [-0.3, -0.25) is 67.5 Å². The van der Waals surface area contributed by atoms with E-state index in [-0.39, 0.29) is 114 Å². The second-order valence-corrected chi connectivity index (χ2v) is 23.3. The topological polar surface area (TPSA) is 184 Å². The van der Waals surface area contributed by atoms with Crippen molar-refractivity contribution in [2.45, 2.75) is 130 Å². The molecule has 0 N–H and O–H groups in total. The van der Waals surface area contributed by atoms with Gasteiger partial charge in [0, 0.05) is 113 Å². The van der Waals surface area contributed by atoms with E-state index in [0.29, 0.717) is 45.2 Å². The molecule has 5 aliphatic rings. The Bertz CT molecular complexity index is 3440. The lowest BCUT2D eigenvalue weighted by Crippen LogP contribution is -2.44. The number of carbonyl (C=O) groups is 10. The largest absolute Gasteiger partial charge is 0.285 e. The quantitative estimate of drug-likeness (QED) is 0.0360. The highest BCUT2D eigenvalue weighted by Gasteiger charge is 2.45. The fourth-order valence-electron chi connectivity index (χ4n) is 12.1. The molecule has 0 saturated heterocycles. The van der Waals surface area contributed by atoms with Gasteiger partial charge in [-0.15, -0.1) is 22.7 Å². The van der Waals surface area contributed by atoms with E-state index in [1.165, 1.54) is 19.6 Å². The number of nitrogens with zero attached hydrogens (tertiary/aromatic N) is 4. The summed E-state index contributed by atoms with van der Waals surface area (Å²) in [6, 6.07) is 12.6. The van der Waals surface area contributed by atoms with Crippen LogP contribution in [0.5, 0.6) is 0 Å². The molecule has 16 heteroatoms. The summed E-state index contributed by atoms with van der Waals surface area (Å²) in [6.45, 7) is 8.93. The molecule has 11 rings (SSSR count). The molecule has 0 unspecified atom stereocenters. The Morgan fingerprint density at radius 3 is 0.885 bits per heavy atom. The number of Topliss-reactive ketones (excluding diaryl/α,β-unsaturated/α-hetero) is 2. The first-order chi connectivity index (χ1) is 37.8. The Morgan fingerprint density at radius 2 is 0.577 bits per heavy atom. The molecule has 6 aromatic rings. The zero-order valence-corrected chi connectivity index (χ0v) is 46.1. The molecule has 0 atom stereocenters. The molecule has 4 aliphatic heterocycles. The van der Waals surface area contributed by atoms with Crippen molar-refractivity contribution in [2.24, 2.45) is 0 Å². The smallest absolute Gasteiger partial charge is 0.262 e. The summed E-state index contributed by atoms with van der Waals surface area (Å²) < 4.78 is 0. The van der Waals surface area contributed by atoms with Gasteiger partial charge in [0.2, 0.25) is 11.6 Å². The number of thiophene rings is 2. The van der Waals surface area contributed by atoms with E-state index >= 15 is 9.59 Å². The highest BCUT2D eigenvalue weighted by atomic mass is 32.1. The van der Waals surface area contributed by atoms with Gasteiger partial charge in [0.1, 0.15) is 0 Å². The summed E-state index contributed by atoms with van der Waals surface area (Å²) in [5.41, 5.74) is 2.03. The lowest BCUT2D eigenvalue weighted by atomic mass is 9.82.